The second-order valence-corrected chi connectivity index (χ2v) is 4.41. The molecule has 5 heteroatoms. The zero-order chi connectivity index (χ0) is 13.0. The minimum absolute atomic E-state index is 0.230. The zero-order valence-electron chi connectivity index (χ0n) is 11.1. The third-order valence-electron chi connectivity index (χ3n) is 3.12. The summed E-state index contributed by atoms with van der Waals surface area (Å²) in [5, 5.41) is 7.46. The van der Waals surface area contributed by atoms with Gasteiger partial charge in [-0.1, -0.05) is 0 Å². The largest absolute Gasteiger partial charge is 0.312 e. The maximum atomic E-state index is 4.42. The number of nitrogens with one attached hydrogen (secondary N) is 1. The Morgan fingerprint density at radius 3 is 2.72 bits per heavy atom. The van der Waals surface area contributed by atoms with Gasteiger partial charge in [-0.05, 0) is 32.9 Å². The molecule has 5 nitrogen and oxygen atoms in total. The van der Waals surface area contributed by atoms with Crippen LogP contribution in [-0.2, 0) is 13.5 Å². The second kappa shape index (κ2) is 5.73. The van der Waals surface area contributed by atoms with E-state index < -0.39 is 0 Å². The fourth-order valence-electron chi connectivity index (χ4n) is 1.96. The van der Waals surface area contributed by atoms with E-state index in [1.54, 1.807) is 0 Å². The van der Waals surface area contributed by atoms with Gasteiger partial charge in [-0.2, -0.15) is 5.10 Å². The molecule has 0 aliphatic rings. The van der Waals surface area contributed by atoms with Crippen molar-refractivity contribution in [3.63, 3.8) is 0 Å². The number of aromatic nitrogens is 4. The first kappa shape index (κ1) is 12.7. The van der Waals surface area contributed by atoms with Crippen LogP contribution in [0.4, 0.5) is 0 Å². The van der Waals surface area contributed by atoms with E-state index in [-0.39, 0.29) is 6.04 Å². The Balaban J connectivity index is 2.01. The number of rotatable bonds is 5. The third-order valence-corrected chi connectivity index (χ3v) is 3.12. The molecule has 0 saturated heterocycles. The van der Waals surface area contributed by atoms with E-state index in [4.69, 9.17) is 0 Å². The highest BCUT2D eigenvalue weighted by atomic mass is 15.2. The summed E-state index contributed by atoms with van der Waals surface area (Å²) in [5.41, 5.74) is 3.17. The standard InChI is InChI=1S/C13H19N5/c1-10-8-16-13(9-15-10)12(14-2)5-4-11-6-7-17-18(11)3/h6-9,12,14H,4-5H2,1-3H3. The summed E-state index contributed by atoms with van der Waals surface area (Å²) in [5.74, 6) is 0. The Hall–Kier alpha value is -1.75. The Kier molecular flexibility index (Phi) is 4.04. The van der Waals surface area contributed by atoms with Gasteiger partial charge in [0.05, 0.1) is 23.6 Å². The van der Waals surface area contributed by atoms with Gasteiger partial charge in [0.2, 0.25) is 0 Å². The van der Waals surface area contributed by atoms with Crippen molar-refractivity contribution in [1.29, 1.82) is 0 Å². The number of hydrogen-bond acceptors (Lipinski definition) is 4. The Labute approximate surface area is 107 Å². The van der Waals surface area contributed by atoms with E-state index in [9.17, 15) is 0 Å². The van der Waals surface area contributed by atoms with Crippen molar-refractivity contribution in [2.24, 2.45) is 7.05 Å². The summed E-state index contributed by atoms with van der Waals surface area (Å²) in [6.07, 6.45) is 7.43. The molecule has 0 spiro atoms. The van der Waals surface area contributed by atoms with Gasteiger partial charge in [0.25, 0.3) is 0 Å². The van der Waals surface area contributed by atoms with Crippen molar-refractivity contribution < 1.29 is 0 Å². The summed E-state index contributed by atoms with van der Waals surface area (Å²) in [6.45, 7) is 1.95. The topological polar surface area (TPSA) is 55.6 Å². The smallest absolute Gasteiger partial charge is 0.0756 e. The minimum Gasteiger partial charge on any atom is -0.312 e. The van der Waals surface area contributed by atoms with Crippen LogP contribution in [0.3, 0.4) is 0 Å². The van der Waals surface area contributed by atoms with E-state index >= 15 is 0 Å². The van der Waals surface area contributed by atoms with E-state index in [2.05, 4.69) is 20.4 Å². The van der Waals surface area contributed by atoms with Crippen LogP contribution in [0.2, 0.25) is 0 Å². The normalized spacial score (nSPS) is 12.6. The quantitative estimate of drug-likeness (QED) is 0.865. The van der Waals surface area contributed by atoms with E-state index in [1.165, 1.54) is 5.69 Å². The van der Waals surface area contributed by atoms with Gasteiger partial charge in [0.15, 0.2) is 0 Å². The predicted octanol–water partition coefficient (Wildman–Crippen LogP) is 1.41. The van der Waals surface area contributed by atoms with Crippen molar-refractivity contribution >= 4 is 0 Å². The van der Waals surface area contributed by atoms with Crippen LogP contribution in [0, 0.1) is 6.92 Å². The first-order chi connectivity index (χ1) is 8.70. The van der Waals surface area contributed by atoms with Crippen molar-refractivity contribution in [2.45, 2.75) is 25.8 Å². The average molecular weight is 245 g/mol. The van der Waals surface area contributed by atoms with Gasteiger partial charge >= 0.3 is 0 Å². The van der Waals surface area contributed by atoms with Gasteiger partial charge < -0.3 is 5.32 Å². The molecule has 0 saturated carbocycles. The lowest BCUT2D eigenvalue weighted by Gasteiger charge is -2.15. The highest BCUT2D eigenvalue weighted by Crippen LogP contribution is 2.16. The molecule has 0 fully saturated rings. The highest BCUT2D eigenvalue weighted by molar-refractivity contribution is 5.07. The molecule has 1 atom stereocenters. The lowest BCUT2D eigenvalue weighted by Crippen LogP contribution is -2.19. The molecular formula is C13H19N5. The SMILES string of the molecule is CNC(CCc1ccnn1C)c1cnc(C)cn1. The zero-order valence-corrected chi connectivity index (χ0v) is 11.1. The molecule has 2 heterocycles. The molecule has 0 aliphatic carbocycles. The molecule has 0 radical (unpaired) electrons. The first-order valence-corrected chi connectivity index (χ1v) is 6.13. The van der Waals surface area contributed by atoms with Crippen molar-refractivity contribution in [3.05, 3.63) is 41.7 Å². The van der Waals surface area contributed by atoms with Crippen LogP contribution < -0.4 is 5.32 Å². The van der Waals surface area contributed by atoms with Crippen LogP contribution in [0.5, 0.6) is 0 Å². The van der Waals surface area contributed by atoms with Crippen molar-refractivity contribution in [3.8, 4) is 0 Å². The van der Waals surface area contributed by atoms with Crippen LogP contribution in [-0.4, -0.2) is 26.8 Å². The molecule has 0 amide bonds. The number of nitrogens with zero attached hydrogens (tertiary/aromatic N) is 4. The average Bonchev–Trinajstić information content (AvgIpc) is 2.78. The van der Waals surface area contributed by atoms with Gasteiger partial charge in [0.1, 0.15) is 0 Å². The molecule has 2 rings (SSSR count). The van der Waals surface area contributed by atoms with Crippen molar-refractivity contribution in [2.75, 3.05) is 7.05 Å². The third kappa shape index (κ3) is 2.92. The van der Waals surface area contributed by atoms with Crippen LogP contribution in [0.25, 0.3) is 0 Å². The molecule has 18 heavy (non-hydrogen) atoms. The lowest BCUT2D eigenvalue weighted by molar-refractivity contribution is 0.521. The lowest BCUT2D eigenvalue weighted by atomic mass is 10.1. The number of hydrogen-bond donors (Lipinski definition) is 1. The first-order valence-electron chi connectivity index (χ1n) is 6.13. The van der Waals surface area contributed by atoms with Crippen LogP contribution in [0.1, 0.15) is 29.5 Å². The molecule has 0 bridgehead atoms. The van der Waals surface area contributed by atoms with Gasteiger partial charge in [-0.25, -0.2) is 0 Å². The fraction of sp³-hybridized carbons (Fsp3) is 0.462. The highest BCUT2D eigenvalue weighted by Gasteiger charge is 2.12. The molecule has 2 aromatic rings. The number of aryl methyl sites for hydroxylation is 3. The second-order valence-electron chi connectivity index (χ2n) is 4.41. The Morgan fingerprint density at radius 2 is 2.17 bits per heavy atom. The Morgan fingerprint density at radius 1 is 1.33 bits per heavy atom. The maximum absolute atomic E-state index is 4.42. The summed E-state index contributed by atoms with van der Waals surface area (Å²) in [4.78, 5) is 8.71. The van der Waals surface area contributed by atoms with Crippen LogP contribution in [0.15, 0.2) is 24.7 Å². The molecule has 2 aromatic heterocycles. The van der Waals surface area contributed by atoms with Crippen molar-refractivity contribution in [1.82, 2.24) is 25.1 Å². The van der Waals surface area contributed by atoms with Crippen LogP contribution >= 0.6 is 0 Å². The van der Waals surface area contributed by atoms with Gasteiger partial charge in [-0.15, -0.1) is 0 Å². The predicted molar refractivity (Wildman–Crippen MR) is 70.1 cm³/mol. The molecule has 0 aromatic carbocycles. The molecule has 1 N–H and O–H groups in total. The maximum Gasteiger partial charge on any atom is 0.0756 e. The summed E-state index contributed by atoms with van der Waals surface area (Å²) in [7, 11) is 3.92. The summed E-state index contributed by atoms with van der Waals surface area (Å²) >= 11 is 0. The molecule has 96 valence electrons. The Bertz CT molecular complexity index is 488. The van der Waals surface area contributed by atoms with Gasteiger partial charge in [-0.3, -0.25) is 14.6 Å². The van der Waals surface area contributed by atoms with Gasteiger partial charge in [0, 0.05) is 25.1 Å². The molecular weight excluding hydrogens is 226 g/mol. The summed E-state index contributed by atoms with van der Waals surface area (Å²) in [6, 6.07) is 2.28. The minimum atomic E-state index is 0.230. The van der Waals surface area contributed by atoms with E-state index in [0.717, 1.165) is 24.2 Å². The molecule has 1 unspecified atom stereocenters. The molecule has 0 aliphatic heterocycles. The monoisotopic (exact) mass is 245 g/mol. The summed E-state index contributed by atoms with van der Waals surface area (Å²) < 4.78 is 1.91. The fourth-order valence-corrected chi connectivity index (χ4v) is 1.96. The van der Waals surface area contributed by atoms with E-state index in [0.29, 0.717) is 0 Å². The van der Waals surface area contributed by atoms with E-state index in [1.807, 2.05) is 50.4 Å².